The molecule has 134 valence electrons. The molecule has 0 aliphatic carbocycles. The Morgan fingerprint density at radius 2 is 2.04 bits per heavy atom. The van der Waals surface area contributed by atoms with Crippen LogP contribution in [0.1, 0.15) is 33.5 Å². The average Bonchev–Trinajstić information content (AvgIpc) is 2.82. The number of anilines is 1. The minimum atomic E-state index is -4.75. The van der Waals surface area contributed by atoms with E-state index in [2.05, 4.69) is 10.4 Å². The maximum atomic E-state index is 12.9. The van der Waals surface area contributed by atoms with Gasteiger partial charge < -0.3 is 10.1 Å². The number of aromatic nitrogens is 2. The molecule has 0 bridgehead atoms. The van der Waals surface area contributed by atoms with Crippen molar-refractivity contribution in [3.63, 3.8) is 0 Å². The molecule has 2 aromatic rings. The van der Waals surface area contributed by atoms with Crippen LogP contribution in [-0.4, -0.2) is 28.3 Å². The Balaban J connectivity index is 2.27. The molecule has 1 amide bonds. The number of halogens is 4. The summed E-state index contributed by atoms with van der Waals surface area (Å²) in [6, 6.07) is 5.76. The van der Waals surface area contributed by atoms with E-state index in [1.54, 1.807) is 6.92 Å². The van der Waals surface area contributed by atoms with Crippen molar-refractivity contribution in [3.05, 3.63) is 46.2 Å². The third kappa shape index (κ3) is 4.11. The average molecular weight is 376 g/mol. The topological polar surface area (TPSA) is 73.2 Å². The maximum absolute atomic E-state index is 12.9. The van der Waals surface area contributed by atoms with Crippen molar-refractivity contribution in [3.8, 4) is 0 Å². The normalized spacial score (nSPS) is 11.3. The molecule has 2 rings (SSSR count). The molecule has 1 heterocycles. The Morgan fingerprint density at radius 1 is 1.36 bits per heavy atom. The molecule has 25 heavy (non-hydrogen) atoms. The third-order valence-electron chi connectivity index (χ3n) is 3.10. The first-order valence-electron chi connectivity index (χ1n) is 7.03. The fourth-order valence-electron chi connectivity index (χ4n) is 2.08. The number of amides is 1. The Kier molecular flexibility index (Phi) is 5.36. The maximum Gasteiger partial charge on any atom is 0.434 e. The molecule has 0 radical (unpaired) electrons. The van der Waals surface area contributed by atoms with Gasteiger partial charge in [-0.15, -0.1) is 0 Å². The van der Waals surface area contributed by atoms with Gasteiger partial charge in [-0.1, -0.05) is 17.7 Å². The van der Waals surface area contributed by atoms with Crippen LogP contribution in [0.5, 0.6) is 0 Å². The fraction of sp³-hybridized carbons (Fsp3) is 0.267. The van der Waals surface area contributed by atoms with E-state index in [0.717, 1.165) is 7.05 Å². The monoisotopic (exact) mass is 375 g/mol. The molecule has 1 N–H and O–H groups in total. The zero-order valence-electron chi connectivity index (χ0n) is 13.1. The number of hydrogen-bond acceptors (Lipinski definition) is 4. The van der Waals surface area contributed by atoms with E-state index in [9.17, 15) is 22.8 Å². The second-order valence-electron chi connectivity index (χ2n) is 4.89. The van der Waals surface area contributed by atoms with Crippen molar-refractivity contribution in [1.82, 2.24) is 9.78 Å². The van der Waals surface area contributed by atoms with Crippen LogP contribution in [0.25, 0.3) is 0 Å². The van der Waals surface area contributed by atoms with Gasteiger partial charge in [-0.2, -0.15) is 18.3 Å². The van der Waals surface area contributed by atoms with Crippen LogP contribution in [0, 0.1) is 0 Å². The smallest absolute Gasteiger partial charge is 0.434 e. The summed E-state index contributed by atoms with van der Waals surface area (Å²) >= 11 is 5.66. The van der Waals surface area contributed by atoms with Gasteiger partial charge in [0.05, 0.1) is 12.2 Å². The van der Waals surface area contributed by atoms with Gasteiger partial charge in [0.2, 0.25) is 0 Å². The highest BCUT2D eigenvalue weighted by Crippen LogP contribution is 2.36. The molecule has 0 saturated carbocycles. The van der Waals surface area contributed by atoms with Gasteiger partial charge in [0, 0.05) is 12.7 Å². The van der Waals surface area contributed by atoms with Gasteiger partial charge in [0.1, 0.15) is 5.02 Å². The number of carbonyl (C=O) groups is 2. The van der Waals surface area contributed by atoms with Gasteiger partial charge >= 0.3 is 12.1 Å². The number of nitrogens with one attached hydrogen (secondary N) is 1. The number of benzene rings is 1. The number of ether oxygens (including phenoxy) is 1. The van der Waals surface area contributed by atoms with Crippen LogP contribution in [0.2, 0.25) is 5.02 Å². The second-order valence-corrected chi connectivity index (χ2v) is 5.27. The zero-order valence-corrected chi connectivity index (χ0v) is 13.9. The zero-order chi connectivity index (χ0) is 18.8. The van der Waals surface area contributed by atoms with Crippen molar-refractivity contribution < 1.29 is 27.5 Å². The first-order valence-corrected chi connectivity index (χ1v) is 7.41. The van der Waals surface area contributed by atoms with E-state index in [1.165, 1.54) is 24.3 Å². The molecule has 0 unspecified atom stereocenters. The van der Waals surface area contributed by atoms with E-state index in [1.807, 2.05) is 0 Å². The van der Waals surface area contributed by atoms with E-state index < -0.39 is 34.5 Å². The summed E-state index contributed by atoms with van der Waals surface area (Å²) in [4.78, 5) is 23.8. The lowest BCUT2D eigenvalue weighted by Gasteiger charge is -2.07. The molecule has 0 aliphatic rings. The van der Waals surface area contributed by atoms with E-state index >= 15 is 0 Å². The lowest BCUT2D eigenvalue weighted by molar-refractivity contribution is -0.143. The Labute approximate surface area is 145 Å². The van der Waals surface area contributed by atoms with Crippen LogP contribution >= 0.6 is 11.6 Å². The molecule has 1 aromatic carbocycles. The molecule has 10 heteroatoms. The van der Waals surface area contributed by atoms with Crippen molar-refractivity contribution in [2.24, 2.45) is 7.05 Å². The summed E-state index contributed by atoms with van der Waals surface area (Å²) < 4.78 is 44.0. The van der Waals surface area contributed by atoms with Gasteiger partial charge in [0.15, 0.2) is 11.4 Å². The predicted molar refractivity (Wildman–Crippen MR) is 83.6 cm³/mol. The number of esters is 1. The molecule has 0 fully saturated rings. The number of aryl methyl sites for hydroxylation is 1. The Morgan fingerprint density at radius 3 is 2.60 bits per heavy atom. The fourth-order valence-corrected chi connectivity index (χ4v) is 2.43. The minimum absolute atomic E-state index is 0.180. The summed E-state index contributed by atoms with van der Waals surface area (Å²) in [5, 5.41) is 5.08. The van der Waals surface area contributed by atoms with E-state index in [4.69, 9.17) is 16.3 Å². The van der Waals surface area contributed by atoms with Gasteiger partial charge in [-0.05, 0) is 25.1 Å². The summed E-state index contributed by atoms with van der Waals surface area (Å²) in [5.41, 5.74) is -1.42. The number of rotatable bonds is 4. The summed E-state index contributed by atoms with van der Waals surface area (Å²) in [7, 11) is 1.03. The molecular formula is C15H13ClF3N3O3. The summed E-state index contributed by atoms with van der Waals surface area (Å²) in [6.07, 6.45) is -4.75. The minimum Gasteiger partial charge on any atom is -0.462 e. The Hall–Kier alpha value is -2.55. The van der Waals surface area contributed by atoms with Gasteiger partial charge in [-0.3, -0.25) is 9.48 Å². The van der Waals surface area contributed by atoms with Crippen molar-refractivity contribution in [1.29, 1.82) is 0 Å². The lowest BCUT2D eigenvalue weighted by atomic mass is 10.2. The number of carbonyl (C=O) groups excluding carboxylic acids is 2. The molecule has 0 spiro atoms. The van der Waals surface area contributed by atoms with E-state index in [0.29, 0.717) is 4.68 Å². The number of alkyl halides is 3. The van der Waals surface area contributed by atoms with Crippen LogP contribution < -0.4 is 5.32 Å². The quantitative estimate of drug-likeness (QED) is 0.830. The molecular weight excluding hydrogens is 363 g/mol. The SMILES string of the molecule is CCOC(=O)c1cccc(NC(=O)c2nn(C)c(C(F)(F)F)c2Cl)c1. The van der Waals surface area contributed by atoms with Gasteiger partial charge in [0.25, 0.3) is 5.91 Å². The van der Waals surface area contributed by atoms with Crippen LogP contribution in [-0.2, 0) is 18.0 Å². The van der Waals surface area contributed by atoms with Crippen molar-refractivity contribution >= 4 is 29.2 Å². The van der Waals surface area contributed by atoms with Crippen LogP contribution in [0.3, 0.4) is 0 Å². The highest BCUT2D eigenvalue weighted by atomic mass is 35.5. The van der Waals surface area contributed by atoms with Crippen LogP contribution in [0.4, 0.5) is 18.9 Å². The second kappa shape index (κ2) is 7.14. The third-order valence-corrected chi connectivity index (χ3v) is 3.46. The first kappa shape index (κ1) is 18.8. The van der Waals surface area contributed by atoms with Gasteiger partial charge in [-0.25, -0.2) is 4.79 Å². The molecule has 0 atom stereocenters. The largest absolute Gasteiger partial charge is 0.462 e. The molecule has 0 aliphatic heterocycles. The predicted octanol–water partition coefficient (Wildman–Crippen LogP) is 3.52. The van der Waals surface area contributed by atoms with E-state index in [-0.39, 0.29) is 17.9 Å². The molecule has 6 nitrogen and oxygen atoms in total. The highest BCUT2D eigenvalue weighted by molar-refractivity contribution is 6.34. The lowest BCUT2D eigenvalue weighted by Crippen LogP contribution is -2.14. The van der Waals surface area contributed by atoms with Crippen LogP contribution in [0.15, 0.2) is 24.3 Å². The van der Waals surface area contributed by atoms with Crippen molar-refractivity contribution in [2.75, 3.05) is 11.9 Å². The number of nitrogens with zero attached hydrogens (tertiary/aromatic N) is 2. The Bertz CT molecular complexity index is 818. The number of hydrogen-bond donors (Lipinski definition) is 1. The molecule has 0 saturated heterocycles. The summed E-state index contributed by atoms with van der Waals surface area (Å²) in [6.45, 7) is 1.82. The standard InChI is InChI=1S/C15H13ClF3N3O3/c1-3-25-14(24)8-5-4-6-9(7-8)20-13(23)11-10(16)12(15(17,18)19)22(2)21-11/h4-7H,3H2,1-2H3,(H,20,23). The summed E-state index contributed by atoms with van der Waals surface area (Å²) in [5.74, 6) is -1.52. The molecule has 1 aromatic heterocycles. The first-order chi connectivity index (χ1) is 11.6. The highest BCUT2D eigenvalue weighted by Gasteiger charge is 2.40. The van der Waals surface area contributed by atoms with Crippen molar-refractivity contribution in [2.45, 2.75) is 13.1 Å².